The molecule has 0 atom stereocenters. The fraction of sp³-hybridized carbons (Fsp3) is 0.400. The molecule has 0 aromatic heterocycles. The molecule has 2 saturated heterocycles. The van der Waals surface area contributed by atoms with Gasteiger partial charge in [0.25, 0.3) is 0 Å². The summed E-state index contributed by atoms with van der Waals surface area (Å²) in [7, 11) is 0. The second-order valence-electron chi connectivity index (χ2n) is 10.5. The molecule has 2 aromatic carbocycles. The molecule has 8 amide bonds. The predicted molar refractivity (Wildman–Crippen MR) is 145 cm³/mol. The fourth-order valence-corrected chi connectivity index (χ4v) is 5.65. The van der Waals surface area contributed by atoms with E-state index in [2.05, 4.69) is 21.3 Å². The number of imide groups is 4. The lowest BCUT2D eigenvalue weighted by molar-refractivity contribution is -0.148. The van der Waals surface area contributed by atoms with Crippen LogP contribution < -0.4 is 21.3 Å². The molecule has 0 spiro atoms. The molecule has 2 aromatic rings. The predicted octanol–water partition coefficient (Wildman–Crippen LogP) is 3.30. The molecule has 0 unspecified atom stereocenters. The molecule has 0 saturated carbocycles. The van der Waals surface area contributed by atoms with E-state index in [-0.39, 0.29) is 25.7 Å². The first-order chi connectivity index (χ1) is 19.2. The summed E-state index contributed by atoms with van der Waals surface area (Å²) in [5, 5.41) is 8.94. The van der Waals surface area contributed by atoms with E-state index in [0.29, 0.717) is 38.5 Å². The molecular formula is C30H34N4O6. The highest BCUT2D eigenvalue weighted by Gasteiger charge is 2.51. The zero-order chi connectivity index (χ0) is 28.6. The highest BCUT2D eigenvalue weighted by molar-refractivity contribution is 6.20. The molecule has 2 fully saturated rings. The average molecular weight is 547 g/mol. The zero-order valence-electron chi connectivity index (χ0n) is 22.3. The Kier molecular flexibility index (Phi) is 9.08. The lowest BCUT2D eigenvalue weighted by Crippen LogP contribution is -2.62. The maximum atomic E-state index is 13.0. The molecule has 4 N–H and O–H groups in total. The van der Waals surface area contributed by atoms with E-state index >= 15 is 0 Å². The molecule has 2 aliphatic rings. The number of carbonyl (C=O) groups excluding carboxylic acids is 6. The van der Waals surface area contributed by atoms with E-state index in [9.17, 15) is 28.8 Å². The smallest absolute Gasteiger partial charge is 0.277 e. The quantitative estimate of drug-likeness (QED) is 0.224. The number of barbiturate groups is 2. The Morgan fingerprint density at radius 1 is 0.425 bits per heavy atom. The van der Waals surface area contributed by atoms with E-state index < -0.39 is 46.5 Å². The first kappa shape index (κ1) is 28.7. The van der Waals surface area contributed by atoms with Gasteiger partial charge in [0.05, 0.1) is 0 Å². The van der Waals surface area contributed by atoms with E-state index in [1.807, 2.05) is 60.7 Å². The third-order valence-electron chi connectivity index (χ3n) is 7.93. The number of benzene rings is 2. The monoisotopic (exact) mass is 546 g/mol. The molecule has 0 radical (unpaired) electrons. The van der Waals surface area contributed by atoms with Crippen LogP contribution in [0.25, 0.3) is 0 Å². The third kappa shape index (κ3) is 6.44. The van der Waals surface area contributed by atoms with Crippen molar-refractivity contribution in [2.45, 2.75) is 64.2 Å². The number of hydrogen-bond donors (Lipinski definition) is 4. The van der Waals surface area contributed by atoms with Gasteiger partial charge in [-0.1, -0.05) is 73.5 Å². The van der Waals surface area contributed by atoms with Gasteiger partial charge in [-0.2, -0.15) is 0 Å². The van der Waals surface area contributed by atoms with Gasteiger partial charge in [-0.05, 0) is 62.5 Å². The number of aryl methyl sites for hydroxylation is 2. The van der Waals surface area contributed by atoms with Crippen LogP contribution in [0, 0.1) is 10.8 Å². The minimum Gasteiger partial charge on any atom is -0.277 e. The summed E-state index contributed by atoms with van der Waals surface area (Å²) < 4.78 is 0. The van der Waals surface area contributed by atoms with Crippen molar-refractivity contribution in [2.75, 3.05) is 0 Å². The molecule has 2 aliphatic heterocycles. The summed E-state index contributed by atoms with van der Waals surface area (Å²) in [4.78, 5) is 75.5. The second kappa shape index (κ2) is 12.7. The molecule has 40 heavy (non-hydrogen) atoms. The van der Waals surface area contributed by atoms with Gasteiger partial charge in [0.2, 0.25) is 23.6 Å². The van der Waals surface area contributed by atoms with Crippen LogP contribution in [-0.4, -0.2) is 35.7 Å². The van der Waals surface area contributed by atoms with Gasteiger partial charge in [-0.15, -0.1) is 0 Å². The van der Waals surface area contributed by atoms with Crippen molar-refractivity contribution >= 4 is 35.7 Å². The van der Waals surface area contributed by atoms with Crippen molar-refractivity contribution in [1.82, 2.24) is 21.3 Å². The van der Waals surface area contributed by atoms with Gasteiger partial charge in [-0.3, -0.25) is 40.4 Å². The van der Waals surface area contributed by atoms with Crippen LogP contribution in [0.5, 0.6) is 0 Å². The largest absolute Gasteiger partial charge is 0.328 e. The van der Waals surface area contributed by atoms with Crippen LogP contribution >= 0.6 is 0 Å². The Morgan fingerprint density at radius 3 is 1.05 bits per heavy atom. The lowest BCUT2D eigenvalue weighted by Gasteiger charge is -2.36. The van der Waals surface area contributed by atoms with Crippen molar-refractivity contribution in [2.24, 2.45) is 10.8 Å². The van der Waals surface area contributed by atoms with Gasteiger partial charge in [0.1, 0.15) is 10.8 Å². The van der Waals surface area contributed by atoms with Crippen LogP contribution in [-0.2, 0) is 32.0 Å². The SMILES string of the molecule is O=C1NC(=O)C(CCCCC2(CCCc3ccccc3)C(=O)NC(=O)NC2=O)(CCCc2ccccc2)C(=O)N1. The van der Waals surface area contributed by atoms with Gasteiger partial charge in [0, 0.05) is 0 Å². The summed E-state index contributed by atoms with van der Waals surface area (Å²) in [6, 6.07) is 17.7. The van der Waals surface area contributed by atoms with E-state index in [1.165, 1.54) is 0 Å². The van der Waals surface area contributed by atoms with Gasteiger partial charge >= 0.3 is 12.1 Å². The van der Waals surface area contributed by atoms with Crippen molar-refractivity contribution in [3.05, 3.63) is 71.8 Å². The number of amides is 8. The van der Waals surface area contributed by atoms with Gasteiger partial charge < -0.3 is 0 Å². The normalized spacial score (nSPS) is 18.0. The number of carbonyl (C=O) groups is 6. The Hall–Kier alpha value is -4.34. The summed E-state index contributed by atoms with van der Waals surface area (Å²) in [5.74, 6) is -2.53. The van der Waals surface area contributed by atoms with Crippen molar-refractivity contribution < 1.29 is 28.8 Å². The maximum absolute atomic E-state index is 13.0. The van der Waals surface area contributed by atoms with Gasteiger partial charge in [0.15, 0.2) is 0 Å². The summed E-state index contributed by atoms with van der Waals surface area (Å²) in [6.07, 6.45) is 3.92. The summed E-state index contributed by atoms with van der Waals surface area (Å²) in [6.45, 7) is 0. The Labute approximate surface area is 232 Å². The van der Waals surface area contributed by atoms with E-state index in [1.54, 1.807) is 0 Å². The van der Waals surface area contributed by atoms with Crippen LogP contribution in [0.3, 0.4) is 0 Å². The van der Waals surface area contributed by atoms with Crippen LogP contribution in [0.15, 0.2) is 60.7 Å². The number of urea groups is 2. The number of hydrogen-bond acceptors (Lipinski definition) is 6. The Bertz CT molecular complexity index is 1140. The van der Waals surface area contributed by atoms with Crippen LogP contribution in [0.4, 0.5) is 9.59 Å². The number of nitrogens with one attached hydrogen (secondary N) is 4. The third-order valence-corrected chi connectivity index (χ3v) is 7.93. The minimum absolute atomic E-state index is 0.148. The number of rotatable bonds is 13. The molecule has 0 bridgehead atoms. The minimum atomic E-state index is -1.43. The standard InChI is InChI=1S/C30H34N4O6/c35-23-29(24(36)32-27(39)31-23,19-9-15-21-11-3-1-4-12-21)17-7-8-18-30(25(37)33-28(40)34-26(30)38)20-10-16-22-13-5-2-6-14-22/h1-6,11-14H,7-10,15-20H2,(H2,31,32,35,36,39)(H2,33,34,37,38,40). The molecule has 2 heterocycles. The Balaban J connectivity index is 1.42. The maximum Gasteiger partial charge on any atom is 0.328 e. The van der Waals surface area contributed by atoms with E-state index in [0.717, 1.165) is 11.1 Å². The molecule has 10 nitrogen and oxygen atoms in total. The zero-order valence-corrected chi connectivity index (χ0v) is 22.3. The molecule has 4 rings (SSSR count). The molecule has 210 valence electrons. The van der Waals surface area contributed by atoms with Crippen molar-refractivity contribution in [3.8, 4) is 0 Å². The second-order valence-corrected chi connectivity index (χ2v) is 10.5. The van der Waals surface area contributed by atoms with Crippen LogP contribution in [0.1, 0.15) is 62.5 Å². The van der Waals surface area contributed by atoms with Crippen molar-refractivity contribution in [1.29, 1.82) is 0 Å². The summed E-state index contributed by atoms with van der Waals surface area (Å²) >= 11 is 0. The fourth-order valence-electron chi connectivity index (χ4n) is 5.65. The average Bonchev–Trinajstić information content (AvgIpc) is 2.92. The molecular weight excluding hydrogens is 512 g/mol. The van der Waals surface area contributed by atoms with Crippen molar-refractivity contribution in [3.63, 3.8) is 0 Å². The number of unbranched alkanes of at least 4 members (excludes halogenated alkanes) is 1. The first-order valence-electron chi connectivity index (χ1n) is 13.7. The Morgan fingerprint density at radius 2 is 0.725 bits per heavy atom. The van der Waals surface area contributed by atoms with Gasteiger partial charge in [-0.25, -0.2) is 9.59 Å². The lowest BCUT2D eigenvalue weighted by atomic mass is 9.72. The molecule has 10 heteroatoms. The van der Waals surface area contributed by atoms with Crippen LogP contribution in [0.2, 0.25) is 0 Å². The highest BCUT2D eigenvalue weighted by atomic mass is 16.2. The highest BCUT2D eigenvalue weighted by Crippen LogP contribution is 2.37. The first-order valence-corrected chi connectivity index (χ1v) is 13.7. The molecule has 0 aliphatic carbocycles. The van der Waals surface area contributed by atoms with E-state index in [4.69, 9.17) is 0 Å². The summed E-state index contributed by atoms with van der Waals surface area (Å²) in [5.41, 5.74) is -0.717. The topological polar surface area (TPSA) is 151 Å².